The van der Waals surface area contributed by atoms with E-state index >= 15 is 0 Å². The van der Waals surface area contributed by atoms with Crippen LogP contribution in [0.5, 0.6) is 0 Å². The average molecular weight is 249 g/mol. The third kappa shape index (κ3) is 5.16. The lowest BCUT2D eigenvalue weighted by Gasteiger charge is -2.15. The molecule has 86 valence electrons. The molecule has 0 bridgehead atoms. The summed E-state index contributed by atoms with van der Waals surface area (Å²) >= 11 is 1.73. The number of carbonyl (C=O) groups is 1. The van der Waals surface area contributed by atoms with Gasteiger partial charge in [-0.15, -0.1) is 23.7 Å². The van der Waals surface area contributed by atoms with Crippen LogP contribution < -0.4 is 5.73 Å². The SMILES string of the molecule is CN(CCc1cccs1)C(=O)CCN.Cl. The maximum absolute atomic E-state index is 11.4. The molecule has 0 aromatic carbocycles. The second-order valence-electron chi connectivity index (χ2n) is 3.18. The molecule has 5 heteroatoms. The molecule has 1 amide bonds. The van der Waals surface area contributed by atoms with Gasteiger partial charge in [0.05, 0.1) is 0 Å². The van der Waals surface area contributed by atoms with E-state index < -0.39 is 0 Å². The minimum absolute atomic E-state index is 0. The standard InChI is InChI=1S/C10H16N2OS.ClH/c1-12(10(13)4-6-11)7-5-9-3-2-8-14-9;/h2-3,8H,4-7,11H2,1H3;1H. The highest BCUT2D eigenvalue weighted by atomic mass is 35.5. The summed E-state index contributed by atoms with van der Waals surface area (Å²) in [6.45, 7) is 1.21. The third-order valence-corrected chi connectivity index (χ3v) is 2.99. The fraction of sp³-hybridized carbons (Fsp3) is 0.500. The van der Waals surface area contributed by atoms with Crippen LogP contribution in [0.1, 0.15) is 11.3 Å². The predicted octanol–water partition coefficient (Wildman–Crippen LogP) is 1.52. The molecule has 0 aliphatic carbocycles. The van der Waals surface area contributed by atoms with E-state index in [4.69, 9.17) is 5.73 Å². The zero-order chi connectivity index (χ0) is 10.4. The first-order valence-corrected chi connectivity index (χ1v) is 5.58. The minimum atomic E-state index is 0. The second kappa shape index (κ2) is 7.68. The van der Waals surface area contributed by atoms with Crippen LogP contribution in [0.3, 0.4) is 0 Å². The number of rotatable bonds is 5. The van der Waals surface area contributed by atoms with Gasteiger partial charge in [0, 0.05) is 31.4 Å². The van der Waals surface area contributed by atoms with Crippen molar-refractivity contribution in [2.45, 2.75) is 12.8 Å². The molecule has 0 aliphatic rings. The number of halogens is 1. The molecule has 1 aromatic heterocycles. The van der Waals surface area contributed by atoms with Crippen molar-refractivity contribution in [1.29, 1.82) is 0 Å². The molecule has 0 saturated heterocycles. The molecule has 1 aromatic rings. The van der Waals surface area contributed by atoms with Gasteiger partial charge >= 0.3 is 0 Å². The van der Waals surface area contributed by atoms with Crippen molar-refractivity contribution in [2.24, 2.45) is 5.73 Å². The Labute approximate surface area is 101 Å². The van der Waals surface area contributed by atoms with Gasteiger partial charge in [-0.05, 0) is 17.9 Å². The quantitative estimate of drug-likeness (QED) is 0.859. The van der Waals surface area contributed by atoms with Gasteiger partial charge in [0.2, 0.25) is 5.91 Å². The van der Waals surface area contributed by atoms with Gasteiger partial charge in [-0.1, -0.05) is 6.07 Å². The summed E-state index contributed by atoms with van der Waals surface area (Å²) in [5.74, 6) is 0.129. The Kier molecular flexibility index (Phi) is 7.38. The topological polar surface area (TPSA) is 46.3 Å². The number of nitrogens with two attached hydrogens (primary N) is 1. The van der Waals surface area contributed by atoms with Crippen molar-refractivity contribution in [3.05, 3.63) is 22.4 Å². The van der Waals surface area contributed by atoms with Crippen LogP contribution in [0.2, 0.25) is 0 Å². The smallest absolute Gasteiger partial charge is 0.223 e. The van der Waals surface area contributed by atoms with Crippen LogP contribution >= 0.6 is 23.7 Å². The highest BCUT2D eigenvalue weighted by molar-refractivity contribution is 7.09. The van der Waals surface area contributed by atoms with E-state index in [1.807, 2.05) is 13.1 Å². The molecular weight excluding hydrogens is 232 g/mol. The van der Waals surface area contributed by atoms with Crippen LogP contribution in [0.4, 0.5) is 0 Å². The Morgan fingerprint density at radius 2 is 2.33 bits per heavy atom. The van der Waals surface area contributed by atoms with Crippen molar-refractivity contribution in [3.8, 4) is 0 Å². The van der Waals surface area contributed by atoms with Crippen molar-refractivity contribution in [3.63, 3.8) is 0 Å². The molecule has 0 fully saturated rings. The zero-order valence-electron chi connectivity index (χ0n) is 8.81. The first-order chi connectivity index (χ1) is 6.74. The van der Waals surface area contributed by atoms with Gasteiger partial charge in [0.15, 0.2) is 0 Å². The van der Waals surface area contributed by atoms with Crippen molar-refractivity contribution >= 4 is 29.7 Å². The predicted molar refractivity (Wildman–Crippen MR) is 66.6 cm³/mol. The zero-order valence-corrected chi connectivity index (χ0v) is 10.4. The highest BCUT2D eigenvalue weighted by Gasteiger charge is 2.06. The Morgan fingerprint density at radius 1 is 1.60 bits per heavy atom. The molecular formula is C10H17ClN2OS. The van der Waals surface area contributed by atoms with Gasteiger partial charge in [0.1, 0.15) is 0 Å². The fourth-order valence-electron chi connectivity index (χ4n) is 1.17. The largest absolute Gasteiger partial charge is 0.345 e. The van der Waals surface area contributed by atoms with E-state index in [2.05, 4.69) is 11.4 Å². The number of likely N-dealkylation sites (N-methyl/N-ethyl adjacent to an activating group) is 1. The van der Waals surface area contributed by atoms with E-state index in [1.165, 1.54) is 4.88 Å². The number of amides is 1. The molecule has 0 unspecified atom stereocenters. The van der Waals surface area contributed by atoms with Gasteiger partial charge in [-0.3, -0.25) is 4.79 Å². The number of hydrogen-bond acceptors (Lipinski definition) is 3. The summed E-state index contributed by atoms with van der Waals surface area (Å²) < 4.78 is 0. The van der Waals surface area contributed by atoms with E-state index in [9.17, 15) is 4.79 Å². The molecule has 1 heterocycles. The molecule has 0 atom stereocenters. The van der Waals surface area contributed by atoms with Gasteiger partial charge in [-0.2, -0.15) is 0 Å². The fourth-order valence-corrected chi connectivity index (χ4v) is 1.87. The normalized spacial score (nSPS) is 9.47. The number of hydrogen-bond donors (Lipinski definition) is 1. The van der Waals surface area contributed by atoms with Gasteiger partial charge < -0.3 is 10.6 Å². The van der Waals surface area contributed by atoms with Crippen LogP contribution in [-0.4, -0.2) is 30.9 Å². The molecule has 0 aliphatic heterocycles. The molecule has 0 spiro atoms. The second-order valence-corrected chi connectivity index (χ2v) is 4.22. The maximum Gasteiger partial charge on any atom is 0.223 e. The molecule has 15 heavy (non-hydrogen) atoms. The summed E-state index contributed by atoms with van der Waals surface area (Å²) in [6.07, 6.45) is 1.38. The Morgan fingerprint density at radius 3 is 2.87 bits per heavy atom. The number of carbonyl (C=O) groups excluding carboxylic acids is 1. The van der Waals surface area contributed by atoms with Crippen LogP contribution in [0.25, 0.3) is 0 Å². The van der Waals surface area contributed by atoms with Crippen LogP contribution in [0, 0.1) is 0 Å². The van der Waals surface area contributed by atoms with Gasteiger partial charge in [-0.25, -0.2) is 0 Å². The summed E-state index contributed by atoms with van der Waals surface area (Å²) in [7, 11) is 1.82. The summed E-state index contributed by atoms with van der Waals surface area (Å²) in [5.41, 5.74) is 5.31. The van der Waals surface area contributed by atoms with Crippen molar-refractivity contribution in [2.75, 3.05) is 20.1 Å². The van der Waals surface area contributed by atoms with E-state index in [0.29, 0.717) is 13.0 Å². The molecule has 0 radical (unpaired) electrons. The lowest BCUT2D eigenvalue weighted by molar-refractivity contribution is -0.129. The van der Waals surface area contributed by atoms with E-state index in [0.717, 1.165) is 13.0 Å². The number of nitrogens with zero attached hydrogens (tertiary/aromatic N) is 1. The Bertz CT molecular complexity index is 277. The van der Waals surface area contributed by atoms with Crippen LogP contribution in [0.15, 0.2) is 17.5 Å². The molecule has 2 N–H and O–H groups in total. The first-order valence-electron chi connectivity index (χ1n) is 4.70. The number of thiophene rings is 1. The summed E-state index contributed by atoms with van der Waals surface area (Å²) in [6, 6.07) is 4.12. The van der Waals surface area contributed by atoms with E-state index in [1.54, 1.807) is 16.2 Å². The van der Waals surface area contributed by atoms with Crippen molar-refractivity contribution < 1.29 is 4.79 Å². The maximum atomic E-state index is 11.4. The molecule has 1 rings (SSSR count). The lowest BCUT2D eigenvalue weighted by Crippen LogP contribution is -2.30. The van der Waals surface area contributed by atoms with Crippen molar-refractivity contribution in [1.82, 2.24) is 4.90 Å². The first kappa shape index (κ1) is 14.4. The monoisotopic (exact) mass is 248 g/mol. The third-order valence-electron chi connectivity index (χ3n) is 2.06. The van der Waals surface area contributed by atoms with Gasteiger partial charge in [0.25, 0.3) is 0 Å². The average Bonchev–Trinajstić information content (AvgIpc) is 2.67. The summed E-state index contributed by atoms with van der Waals surface area (Å²) in [5, 5.41) is 2.05. The lowest BCUT2D eigenvalue weighted by atomic mass is 10.3. The highest BCUT2D eigenvalue weighted by Crippen LogP contribution is 2.09. The van der Waals surface area contributed by atoms with Crippen LogP contribution in [-0.2, 0) is 11.2 Å². The minimum Gasteiger partial charge on any atom is -0.345 e. The Balaban J connectivity index is 0.00000196. The Hall–Kier alpha value is -0.580. The summed E-state index contributed by atoms with van der Waals surface area (Å²) in [4.78, 5) is 14.4. The molecule has 0 saturated carbocycles. The van der Waals surface area contributed by atoms with E-state index in [-0.39, 0.29) is 18.3 Å². The molecule has 3 nitrogen and oxygen atoms in total.